The van der Waals surface area contributed by atoms with Crippen LogP contribution >= 0.6 is 11.6 Å². The average Bonchev–Trinajstić information content (AvgIpc) is 2.49. The predicted molar refractivity (Wildman–Crippen MR) is 92.4 cm³/mol. The van der Waals surface area contributed by atoms with Crippen LogP contribution < -0.4 is 10.2 Å². The van der Waals surface area contributed by atoms with E-state index >= 15 is 0 Å². The van der Waals surface area contributed by atoms with Crippen molar-refractivity contribution in [3.05, 3.63) is 28.8 Å². The van der Waals surface area contributed by atoms with Crippen molar-refractivity contribution in [2.24, 2.45) is 5.92 Å². The fraction of sp³-hybridized carbons (Fsp3) is 0.647. The maximum absolute atomic E-state index is 6.17. The lowest BCUT2D eigenvalue weighted by Crippen LogP contribution is -2.30. The second-order valence-electron chi connectivity index (χ2n) is 5.49. The van der Waals surface area contributed by atoms with Gasteiger partial charge in [0.1, 0.15) is 0 Å². The zero-order chi connectivity index (χ0) is 15.7. The Labute approximate surface area is 134 Å². The minimum Gasteiger partial charge on any atom is -0.383 e. The molecule has 0 fully saturated rings. The summed E-state index contributed by atoms with van der Waals surface area (Å²) in [5, 5.41) is 4.20. The number of rotatable bonds is 10. The molecule has 0 saturated carbocycles. The van der Waals surface area contributed by atoms with E-state index < -0.39 is 0 Å². The molecule has 1 aromatic rings. The Morgan fingerprint density at radius 3 is 2.71 bits per heavy atom. The number of anilines is 1. The number of nitrogens with zero attached hydrogens (tertiary/aromatic N) is 1. The molecule has 0 amide bonds. The molecule has 1 atom stereocenters. The Balaban J connectivity index is 2.82. The number of nitrogens with one attached hydrogen (secondary N) is 1. The number of benzene rings is 1. The van der Waals surface area contributed by atoms with Crippen LogP contribution in [0.25, 0.3) is 0 Å². The molecule has 0 aliphatic rings. The van der Waals surface area contributed by atoms with Gasteiger partial charge in [0, 0.05) is 44.0 Å². The molecule has 0 saturated heterocycles. The molecule has 21 heavy (non-hydrogen) atoms. The van der Waals surface area contributed by atoms with E-state index in [1.165, 1.54) is 17.7 Å². The van der Waals surface area contributed by atoms with E-state index in [0.29, 0.717) is 5.92 Å². The summed E-state index contributed by atoms with van der Waals surface area (Å²) in [6.45, 7) is 11.2. The molecule has 0 radical (unpaired) electrons. The summed E-state index contributed by atoms with van der Waals surface area (Å²) in [5.74, 6) is 0.690. The van der Waals surface area contributed by atoms with E-state index in [-0.39, 0.29) is 0 Å². The van der Waals surface area contributed by atoms with E-state index in [0.717, 1.165) is 37.8 Å². The quantitative estimate of drug-likeness (QED) is 0.662. The molecule has 0 bridgehead atoms. The summed E-state index contributed by atoms with van der Waals surface area (Å²) < 4.78 is 5.07. The molecule has 4 heteroatoms. The summed E-state index contributed by atoms with van der Waals surface area (Å²) in [5.41, 5.74) is 2.54. The van der Waals surface area contributed by atoms with Crippen molar-refractivity contribution in [2.75, 3.05) is 38.3 Å². The summed E-state index contributed by atoms with van der Waals surface area (Å²) in [6, 6.07) is 6.19. The average molecular weight is 313 g/mol. The molecule has 1 N–H and O–H groups in total. The largest absolute Gasteiger partial charge is 0.383 e. The lowest BCUT2D eigenvalue weighted by molar-refractivity contribution is 0.199. The van der Waals surface area contributed by atoms with Crippen LogP contribution in [-0.2, 0) is 11.3 Å². The molecule has 1 aromatic carbocycles. The fourth-order valence-corrected chi connectivity index (χ4v) is 2.50. The molecule has 120 valence electrons. The first-order chi connectivity index (χ1) is 10.1. The highest BCUT2D eigenvalue weighted by molar-refractivity contribution is 6.30. The van der Waals surface area contributed by atoms with Crippen molar-refractivity contribution in [3.63, 3.8) is 0 Å². The fourth-order valence-electron chi connectivity index (χ4n) is 2.30. The van der Waals surface area contributed by atoms with Crippen molar-refractivity contribution in [3.8, 4) is 0 Å². The van der Waals surface area contributed by atoms with E-state index in [4.69, 9.17) is 16.3 Å². The van der Waals surface area contributed by atoms with Crippen LogP contribution in [0.3, 0.4) is 0 Å². The molecule has 0 aliphatic heterocycles. The number of hydrogen-bond donors (Lipinski definition) is 1. The summed E-state index contributed by atoms with van der Waals surface area (Å²) in [4.78, 5) is 2.44. The SMILES string of the molecule is CCC(C)CN(CC)c1ccc(Cl)cc1CNCCOC. The van der Waals surface area contributed by atoms with Gasteiger partial charge in [0.2, 0.25) is 0 Å². The maximum Gasteiger partial charge on any atom is 0.0587 e. The van der Waals surface area contributed by atoms with Crippen LogP contribution in [0, 0.1) is 5.92 Å². The first kappa shape index (κ1) is 18.3. The molecule has 1 unspecified atom stereocenters. The number of ether oxygens (including phenoxy) is 1. The van der Waals surface area contributed by atoms with Gasteiger partial charge >= 0.3 is 0 Å². The Kier molecular flexibility index (Phi) is 8.74. The third-order valence-corrected chi connectivity index (χ3v) is 4.03. The van der Waals surface area contributed by atoms with Crippen LogP contribution in [0.5, 0.6) is 0 Å². The Morgan fingerprint density at radius 2 is 2.10 bits per heavy atom. The van der Waals surface area contributed by atoms with Crippen LogP contribution in [0.15, 0.2) is 18.2 Å². The zero-order valence-corrected chi connectivity index (χ0v) is 14.5. The molecule has 0 spiro atoms. The van der Waals surface area contributed by atoms with Crippen molar-refractivity contribution < 1.29 is 4.74 Å². The normalized spacial score (nSPS) is 12.4. The van der Waals surface area contributed by atoms with Gasteiger partial charge in [0.25, 0.3) is 0 Å². The maximum atomic E-state index is 6.17. The van der Waals surface area contributed by atoms with Gasteiger partial charge in [-0.05, 0) is 36.6 Å². The van der Waals surface area contributed by atoms with Crippen LogP contribution in [0.2, 0.25) is 5.02 Å². The van der Waals surface area contributed by atoms with Gasteiger partial charge in [-0.25, -0.2) is 0 Å². The minimum atomic E-state index is 0.690. The molecule has 1 rings (SSSR count). The first-order valence-electron chi connectivity index (χ1n) is 7.85. The standard InChI is InChI=1S/C17H29ClN2O/c1-5-14(3)13-20(6-2)17-8-7-16(18)11-15(17)12-19-9-10-21-4/h7-8,11,14,19H,5-6,9-10,12-13H2,1-4H3. The molecule has 0 aromatic heterocycles. The number of methoxy groups -OCH3 is 1. The first-order valence-corrected chi connectivity index (χ1v) is 8.23. The topological polar surface area (TPSA) is 24.5 Å². The van der Waals surface area contributed by atoms with Gasteiger partial charge in [0.15, 0.2) is 0 Å². The van der Waals surface area contributed by atoms with Gasteiger partial charge in [-0.2, -0.15) is 0 Å². The van der Waals surface area contributed by atoms with Crippen LogP contribution in [0.1, 0.15) is 32.8 Å². The third kappa shape index (κ3) is 6.25. The van der Waals surface area contributed by atoms with Crippen molar-refractivity contribution in [1.82, 2.24) is 5.32 Å². The lowest BCUT2D eigenvalue weighted by atomic mass is 10.1. The molecular weight excluding hydrogens is 284 g/mol. The molecule has 3 nitrogen and oxygen atoms in total. The van der Waals surface area contributed by atoms with Gasteiger partial charge in [-0.3, -0.25) is 0 Å². The summed E-state index contributed by atoms with van der Waals surface area (Å²) in [6.07, 6.45) is 1.20. The third-order valence-electron chi connectivity index (χ3n) is 3.79. The van der Waals surface area contributed by atoms with Gasteiger partial charge < -0.3 is 15.0 Å². The zero-order valence-electron chi connectivity index (χ0n) is 13.8. The van der Waals surface area contributed by atoms with Crippen LogP contribution in [-0.4, -0.2) is 33.4 Å². The smallest absolute Gasteiger partial charge is 0.0587 e. The van der Waals surface area contributed by atoms with E-state index in [2.05, 4.69) is 43.1 Å². The molecular formula is C17H29ClN2O. The summed E-state index contributed by atoms with van der Waals surface area (Å²) in [7, 11) is 1.72. The Hall–Kier alpha value is -0.770. The van der Waals surface area contributed by atoms with Gasteiger partial charge in [-0.1, -0.05) is 31.9 Å². The van der Waals surface area contributed by atoms with E-state index in [1.54, 1.807) is 7.11 Å². The predicted octanol–water partition coefficient (Wildman–Crippen LogP) is 3.95. The highest BCUT2D eigenvalue weighted by Gasteiger charge is 2.12. The Morgan fingerprint density at radius 1 is 1.33 bits per heavy atom. The van der Waals surface area contributed by atoms with Crippen molar-refractivity contribution >= 4 is 17.3 Å². The number of halogens is 1. The molecule has 0 aliphatic carbocycles. The summed E-state index contributed by atoms with van der Waals surface area (Å²) >= 11 is 6.17. The van der Waals surface area contributed by atoms with Gasteiger partial charge in [0.05, 0.1) is 6.61 Å². The second-order valence-corrected chi connectivity index (χ2v) is 5.93. The number of hydrogen-bond acceptors (Lipinski definition) is 3. The van der Waals surface area contributed by atoms with E-state index in [9.17, 15) is 0 Å². The van der Waals surface area contributed by atoms with Crippen molar-refractivity contribution in [1.29, 1.82) is 0 Å². The highest BCUT2D eigenvalue weighted by atomic mass is 35.5. The van der Waals surface area contributed by atoms with Gasteiger partial charge in [-0.15, -0.1) is 0 Å². The Bertz CT molecular complexity index is 412. The van der Waals surface area contributed by atoms with E-state index in [1.807, 2.05) is 6.07 Å². The van der Waals surface area contributed by atoms with Crippen molar-refractivity contribution in [2.45, 2.75) is 33.7 Å². The monoisotopic (exact) mass is 312 g/mol. The lowest BCUT2D eigenvalue weighted by Gasteiger charge is -2.28. The highest BCUT2D eigenvalue weighted by Crippen LogP contribution is 2.25. The second kappa shape index (κ2) is 10.0. The minimum absolute atomic E-state index is 0.690. The van der Waals surface area contributed by atoms with Crippen LogP contribution in [0.4, 0.5) is 5.69 Å². The molecule has 0 heterocycles.